The van der Waals surface area contributed by atoms with Crippen molar-refractivity contribution in [1.29, 1.82) is 0 Å². The maximum atomic E-state index is 13.3. The SMILES string of the molecule is CC(N)c1cc(F)ccc1Sc1n[nH]c(=O)n1C(C)C. The van der Waals surface area contributed by atoms with Gasteiger partial charge in [-0.2, -0.15) is 0 Å². The van der Waals surface area contributed by atoms with Crippen LogP contribution >= 0.6 is 11.8 Å². The number of hydrogen-bond acceptors (Lipinski definition) is 4. The molecule has 0 fully saturated rings. The number of nitrogens with zero attached hydrogens (tertiary/aromatic N) is 2. The van der Waals surface area contributed by atoms with E-state index in [-0.39, 0.29) is 23.6 Å². The Labute approximate surface area is 120 Å². The highest BCUT2D eigenvalue weighted by Gasteiger charge is 2.16. The zero-order chi connectivity index (χ0) is 14.9. The summed E-state index contributed by atoms with van der Waals surface area (Å²) in [6.45, 7) is 5.59. The number of benzene rings is 1. The van der Waals surface area contributed by atoms with Gasteiger partial charge >= 0.3 is 5.69 Å². The molecule has 0 spiro atoms. The Bertz CT molecular complexity index is 663. The largest absolute Gasteiger partial charge is 0.344 e. The number of nitrogens with two attached hydrogens (primary N) is 1. The Hall–Kier alpha value is -1.60. The van der Waals surface area contributed by atoms with Gasteiger partial charge in [-0.05, 0) is 56.3 Å². The van der Waals surface area contributed by atoms with E-state index in [2.05, 4.69) is 10.2 Å². The summed E-state index contributed by atoms with van der Waals surface area (Å²) in [6, 6.07) is 4.13. The molecule has 1 aromatic carbocycles. The average molecular weight is 296 g/mol. The quantitative estimate of drug-likeness (QED) is 0.908. The highest BCUT2D eigenvalue weighted by Crippen LogP contribution is 2.32. The zero-order valence-electron chi connectivity index (χ0n) is 11.6. The first-order valence-electron chi connectivity index (χ1n) is 6.30. The number of rotatable bonds is 4. The lowest BCUT2D eigenvalue weighted by atomic mass is 10.1. The predicted octanol–water partition coefficient (Wildman–Crippen LogP) is 2.46. The molecule has 0 radical (unpaired) electrons. The lowest BCUT2D eigenvalue weighted by Crippen LogP contribution is -2.19. The summed E-state index contributed by atoms with van der Waals surface area (Å²) in [5, 5.41) is 6.98. The molecule has 0 amide bonds. The van der Waals surface area contributed by atoms with Crippen LogP contribution in [0.1, 0.15) is 38.4 Å². The van der Waals surface area contributed by atoms with Gasteiger partial charge in [0.25, 0.3) is 0 Å². The number of H-pyrrole nitrogens is 1. The van der Waals surface area contributed by atoms with Crippen LogP contribution in [0.5, 0.6) is 0 Å². The first kappa shape index (κ1) is 14.8. The van der Waals surface area contributed by atoms with E-state index in [1.54, 1.807) is 17.6 Å². The minimum atomic E-state index is -0.329. The molecule has 2 aromatic rings. The number of nitrogens with one attached hydrogen (secondary N) is 1. The lowest BCUT2D eigenvalue weighted by Gasteiger charge is -2.13. The Kier molecular flexibility index (Phi) is 4.29. The fourth-order valence-electron chi connectivity index (χ4n) is 1.88. The molecule has 5 nitrogen and oxygen atoms in total. The van der Waals surface area contributed by atoms with Crippen molar-refractivity contribution in [2.45, 2.75) is 42.9 Å². The lowest BCUT2D eigenvalue weighted by molar-refractivity contribution is 0.534. The molecule has 1 heterocycles. The van der Waals surface area contributed by atoms with Gasteiger partial charge in [0.2, 0.25) is 0 Å². The van der Waals surface area contributed by atoms with Crippen LogP contribution in [-0.2, 0) is 0 Å². The first-order chi connectivity index (χ1) is 9.40. The highest BCUT2D eigenvalue weighted by molar-refractivity contribution is 7.99. The van der Waals surface area contributed by atoms with Gasteiger partial charge in [0.1, 0.15) is 5.82 Å². The molecule has 2 rings (SSSR count). The molecule has 3 N–H and O–H groups in total. The zero-order valence-corrected chi connectivity index (χ0v) is 12.4. The summed E-state index contributed by atoms with van der Waals surface area (Å²) in [5.41, 5.74) is 6.30. The van der Waals surface area contributed by atoms with E-state index in [9.17, 15) is 9.18 Å². The van der Waals surface area contributed by atoms with Gasteiger partial charge in [-0.25, -0.2) is 14.3 Å². The van der Waals surface area contributed by atoms with Gasteiger partial charge in [0.15, 0.2) is 5.16 Å². The average Bonchev–Trinajstić information content (AvgIpc) is 2.72. The van der Waals surface area contributed by atoms with Gasteiger partial charge in [-0.3, -0.25) is 4.57 Å². The number of hydrogen-bond donors (Lipinski definition) is 2. The van der Waals surface area contributed by atoms with Crippen molar-refractivity contribution in [3.05, 3.63) is 40.1 Å². The van der Waals surface area contributed by atoms with E-state index in [0.717, 1.165) is 4.90 Å². The van der Waals surface area contributed by atoms with Gasteiger partial charge < -0.3 is 5.73 Å². The monoisotopic (exact) mass is 296 g/mol. The normalized spacial score (nSPS) is 12.9. The van der Waals surface area contributed by atoms with Crippen molar-refractivity contribution in [1.82, 2.24) is 14.8 Å². The molecule has 0 saturated heterocycles. The summed E-state index contributed by atoms with van der Waals surface area (Å²) in [7, 11) is 0. The van der Waals surface area contributed by atoms with Gasteiger partial charge in [0, 0.05) is 17.0 Å². The maximum absolute atomic E-state index is 13.3. The van der Waals surface area contributed by atoms with Crippen LogP contribution in [0.3, 0.4) is 0 Å². The third-order valence-corrected chi connectivity index (χ3v) is 3.91. The summed E-state index contributed by atoms with van der Waals surface area (Å²) in [4.78, 5) is 12.5. The maximum Gasteiger partial charge on any atom is 0.344 e. The van der Waals surface area contributed by atoms with Crippen LogP contribution in [0, 0.1) is 5.82 Å². The molecule has 0 aliphatic carbocycles. The van der Waals surface area contributed by atoms with Gasteiger partial charge in [-0.15, -0.1) is 5.10 Å². The van der Waals surface area contributed by atoms with Crippen LogP contribution in [0.15, 0.2) is 33.0 Å². The summed E-state index contributed by atoms with van der Waals surface area (Å²) >= 11 is 1.30. The topological polar surface area (TPSA) is 76.7 Å². The van der Waals surface area contributed by atoms with Crippen molar-refractivity contribution >= 4 is 11.8 Å². The van der Waals surface area contributed by atoms with Crippen molar-refractivity contribution in [3.8, 4) is 0 Å². The van der Waals surface area contributed by atoms with E-state index in [0.29, 0.717) is 10.7 Å². The fourth-order valence-corrected chi connectivity index (χ4v) is 3.06. The second kappa shape index (κ2) is 5.80. The van der Waals surface area contributed by atoms with Gasteiger partial charge in [-0.1, -0.05) is 0 Å². The third-order valence-electron chi connectivity index (χ3n) is 2.85. The van der Waals surface area contributed by atoms with E-state index in [1.165, 1.54) is 23.9 Å². The molecule has 108 valence electrons. The minimum absolute atomic E-state index is 0.0112. The molecule has 0 aliphatic heterocycles. The second-order valence-electron chi connectivity index (χ2n) is 4.85. The van der Waals surface area contributed by atoms with Crippen molar-refractivity contribution in [3.63, 3.8) is 0 Å². The smallest absolute Gasteiger partial charge is 0.324 e. The third kappa shape index (κ3) is 2.94. The molecule has 0 bridgehead atoms. The van der Waals surface area contributed by atoms with Gasteiger partial charge in [0.05, 0.1) is 0 Å². The standard InChI is InChI=1S/C13H17FN4OS/c1-7(2)18-12(19)16-17-13(18)20-11-5-4-9(14)6-10(11)8(3)15/h4-8H,15H2,1-3H3,(H,16,19). The summed E-state index contributed by atoms with van der Waals surface area (Å²) in [6.07, 6.45) is 0. The molecular weight excluding hydrogens is 279 g/mol. The molecule has 0 saturated carbocycles. The predicted molar refractivity (Wildman–Crippen MR) is 76.4 cm³/mol. The molecule has 1 atom stereocenters. The first-order valence-corrected chi connectivity index (χ1v) is 7.11. The summed E-state index contributed by atoms with van der Waals surface area (Å²) in [5.74, 6) is -0.329. The highest BCUT2D eigenvalue weighted by atomic mass is 32.2. The molecule has 1 unspecified atom stereocenters. The number of aromatic amines is 1. The number of halogens is 1. The van der Waals surface area contributed by atoms with Crippen LogP contribution in [0.2, 0.25) is 0 Å². The Morgan fingerprint density at radius 1 is 1.40 bits per heavy atom. The summed E-state index contributed by atoms with van der Waals surface area (Å²) < 4.78 is 14.9. The Morgan fingerprint density at radius 3 is 2.70 bits per heavy atom. The molecule has 7 heteroatoms. The number of aromatic nitrogens is 3. The second-order valence-corrected chi connectivity index (χ2v) is 5.86. The van der Waals surface area contributed by atoms with E-state index in [1.807, 2.05) is 13.8 Å². The van der Waals surface area contributed by atoms with Crippen LogP contribution < -0.4 is 11.4 Å². The Morgan fingerprint density at radius 2 is 2.10 bits per heavy atom. The molecule has 20 heavy (non-hydrogen) atoms. The van der Waals surface area contributed by atoms with Crippen LogP contribution in [0.4, 0.5) is 4.39 Å². The fraction of sp³-hybridized carbons (Fsp3) is 0.385. The minimum Gasteiger partial charge on any atom is -0.324 e. The van der Waals surface area contributed by atoms with Crippen molar-refractivity contribution in [2.24, 2.45) is 5.73 Å². The van der Waals surface area contributed by atoms with Crippen LogP contribution in [0.25, 0.3) is 0 Å². The molecular formula is C13H17FN4OS. The molecule has 1 aromatic heterocycles. The Balaban J connectivity index is 2.43. The molecule has 0 aliphatic rings. The van der Waals surface area contributed by atoms with Crippen molar-refractivity contribution in [2.75, 3.05) is 0 Å². The van der Waals surface area contributed by atoms with Crippen molar-refractivity contribution < 1.29 is 4.39 Å². The van der Waals surface area contributed by atoms with E-state index in [4.69, 9.17) is 5.73 Å². The van der Waals surface area contributed by atoms with E-state index < -0.39 is 0 Å². The van der Waals surface area contributed by atoms with Crippen LogP contribution in [-0.4, -0.2) is 14.8 Å². The van der Waals surface area contributed by atoms with E-state index >= 15 is 0 Å².